The lowest BCUT2D eigenvalue weighted by Crippen LogP contribution is -2.48. The Balaban J connectivity index is 1.52. The predicted octanol–water partition coefficient (Wildman–Crippen LogP) is 3.91. The Bertz CT molecular complexity index is 1500. The largest absolute Gasteiger partial charge is 0.480 e. The zero-order valence-electron chi connectivity index (χ0n) is 21.2. The molecule has 202 valence electrons. The summed E-state index contributed by atoms with van der Waals surface area (Å²) in [4.78, 5) is 27.8. The number of hydrogen-bond acceptors (Lipinski definition) is 9. The number of rotatable bonds is 5. The Morgan fingerprint density at radius 3 is 2.79 bits per heavy atom. The number of nitriles is 1. The van der Waals surface area contributed by atoms with Crippen LogP contribution in [0, 0.1) is 22.7 Å². The minimum atomic E-state index is -3.52. The number of nitrogens with one attached hydrogen (secondary N) is 2. The third-order valence-electron chi connectivity index (χ3n) is 7.05. The fourth-order valence-corrected chi connectivity index (χ4v) is 7.29. The Morgan fingerprint density at radius 2 is 2.11 bits per heavy atom. The van der Waals surface area contributed by atoms with Crippen LogP contribution in [0.1, 0.15) is 38.8 Å². The van der Waals surface area contributed by atoms with Crippen LogP contribution in [0.5, 0.6) is 0 Å². The third-order valence-corrected chi connectivity index (χ3v) is 9.03. The highest BCUT2D eigenvalue weighted by atomic mass is 32.3. The summed E-state index contributed by atoms with van der Waals surface area (Å²) < 4.78 is 30.6. The molecule has 12 nitrogen and oxygen atoms in total. The number of hydrogen-bond donors (Lipinski definition) is 5. The van der Waals surface area contributed by atoms with Crippen LogP contribution in [-0.4, -0.2) is 58.5 Å². The number of pyridine rings is 1. The average Bonchev–Trinajstić information content (AvgIpc) is 3.33. The van der Waals surface area contributed by atoms with E-state index < -0.39 is 28.2 Å². The van der Waals surface area contributed by atoms with Crippen molar-refractivity contribution in [2.45, 2.75) is 50.7 Å². The first-order valence-corrected chi connectivity index (χ1v) is 13.7. The number of carboxylic acids is 1. The molecular formula is C25H30N6O6S. The average molecular weight is 543 g/mol. The molecule has 1 fully saturated rings. The number of H-pyrrole nitrogens is 1. The molecule has 5 rings (SSSR count). The molecule has 38 heavy (non-hydrogen) atoms. The van der Waals surface area contributed by atoms with Gasteiger partial charge in [0.2, 0.25) is 0 Å². The predicted molar refractivity (Wildman–Crippen MR) is 141 cm³/mol. The molecule has 5 N–H and O–H groups in total. The second-order valence-electron chi connectivity index (χ2n) is 10.7. The fraction of sp³-hybridized carbons (Fsp3) is 0.440. The third kappa shape index (κ3) is 4.34. The van der Waals surface area contributed by atoms with Crippen molar-refractivity contribution in [2.24, 2.45) is 11.3 Å². The van der Waals surface area contributed by atoms with Gasteiger partial charge in [0.1, 0.15) is 11.4 Å². The number of carbonyl (C=O) groups is 1. The molecule has 13 heteroatoms. The van der Waals surface area contributed by atoms with Crippen molar-refractivity contribution < 1.29 is 23.7 Å². The van der Waals surface area contributed by atoms with Gasteiger partial charge in [0.05, 0.1) is 35.0 Å². The number of aliphatic carboxylic acids is 1. The zero-order chi connectivity index (χ0) is 27.4. The van der Waals surface area contributed by atoms with Gasteiger partial charge in [-0.15, -0.1) is 10.8 Å². The second kappa shape index (κ2) is 9.40. The number of ether oxygens (including phenoxy) is 1. The number of nitrogens with zero attached hydrogens (tertiary/aromatic N) is 4. The van der Waals surface area contributed by atoms with Gasteiger partial charge >= 0.3 is 5.97 Å². The Hall–Kier alpha value is -3.41. The molecule has 2 aliphatic heterocycles. The van der Waals surface area contributed by atoms with E-state index in [1.165, 1.54) is 10.5 Å². The number of anilines is 2. The first kappa shape index (κ1) is 26.2. The van der Waals surface area contributed by atoms with Crippen LogP contribution in [0.15, 0.2) is 40.2 Å². The molecular weight excluding hydrogens is 512 g/mol. The van der Waals surface area contributed by atoms with Crippen LogP contribution < -0.4 is 10.9 Å². The quantitative estimate of drug-likeness (QED) is 0.318. The summed E-state index contributed by atoms with van der Waals surface area (Å²) >= 11 is 0. The molecule has 0 bridgehead atoms. The summed E-state index contributed by atoms with van der Waals surface area (Å²) in [6.45, 7) is 6.04. The van der Waals surface area contributed by atoms with E-state index in [0.717, 1.165) is 0 Å². The van der Waals surface area contributed by atoms with Gasteiger partial charge in [0.15, 0.2) is 5.82 Å². The molecule has 2 aromatic heterocycles. The maximum atomic E-state index is 12.8. The van der Waals surface area contributed by atoms with E-state index >= 15 is 0 Å². The topological polar surface area (TPSA) is 177 Å². The molecule has 1 saturated heterocycles. The van der Waals surface area contributed by atoms with Gasteiger partial charge in [-0.3, -0.25) is 23.4 Å². The molecule has 0 radical (unpaired) electrons. The lowest BCUT2D eigenvalue weighted by Gasteiger charge is -2.44. The van der Waals surface area contributed by atoms with Crippen LogP contribution >= 0.6 is 10.8 Å². The van der Waals surface area contributed by atoms with Crippen molar-refractivity contribution in [3.63, 3.8) is 0 Å². The van der Waals surface area contributed by atoms with Crippen molar-refractivity contribution in [1.82, 2.24) is 19.1 Å². The Morgan fingerprint density at radius 1 is 1.34 bits per heavy atom. The highest BCUT2D eigenvalue weighted by molar-refractivity contribution is 8.22. The van der Waals surface area contributed by atoms with Crippen molar-refractivity contribution in [2.75, 3.05) is 18.5 Å². The summed E-state index contributed by atoms with van der Waals surface area (Å²) in [5.74, 6) is -1.17. The number of aromatic amines is 1. The van der Waals surface area contributed by atoms with E-state index in [2.05, 4.69) is 21.5 Å². The molecule has 0 amide bonds. The molecule has 2 aliphatic rings. The van der Waals surface area contributed by atoms with E-state index in [1.54, 1.807) is 49.7 Å². The summed E-state index contributed by atoms with van der Waals surface area (Å²) in [5, 5.41) is 27.7. The minimum Gasteiger partial charge on any atom is -0.480 e. The van der Waals surface area contributed by atoms with Gasteiger partial charge in [-0.25, -0.2) is 0 Å². The van der Waals surface area contributed by atoms with E-state index in [-0.39, 0.29) is 34.8 Å². The van der Waals surface area contributed by atoms with Crippen molar-refractivity contribution in [1.29, 1.82) is 5.26 Å². The van der Waals surface area contributed by atoms with Gasteiger partial charge in [-0.05, 0) is 41.7 Å². The van der Waals surface area contributed by atoms with Crippen molar-refractivity contribution >= 4 is 39.2 Å². The zero-order valence-corrected chi connectivity index (χ0v) is 22.0. The van der Waals surface area contributed by atoms with Gasteiger partial charge in [-0.1, -0.05) is 20.8 Å². The van der Waals surface area contributed by atoms with E-state index in [9.17, 15) is 29.1 Å². The summed E-state index contributed by atoms with van der Waals surface area (Å²) in [6.07, 6.45) is 2.09. The van der Waals surface area contributed by atoms with Crippen LogP contribution in [-0.2, 0) is 16.1 Å². The first-order valence-electron chi connectivity index (χ1n) is 12.2. The molecule has 0 aliphatic carbocycles. The molecule has 0 saturated carbocycles. The number of aromatic nitrogens is 3. The van der Waals surface area contributed by atoms with Crippen LogP contribution in [0.3, 0.4) is 0 Å². The molecule has 3 atom stereocenters. The maximum Gasteiger partial charge on any atom is 0.323 e. The smallest absolute Gasteiger partial charge is 0.323 e. The summed E-state index contributed by atoms with van der Waals surface area (Å²) in [6, 6.07) is 7.45. The SMILES string of the molecule is CC(C)(C)C(C(=O)O)N1Cc2cc(Nc3nn(C4COCCC4C#N)c4cc[nH]c(=O)c34)ccc2S1(O)O. The molecule has 3 unspecified atom stereocenters. The van der Waals surface area contributed by atoms with E-state index in [0.29, 0.717) is 41.8 Å². The summed E-state index contributed by atoms with van der Waals surface area (Å²) in [7, 11) is -3.52. The van der Waals surface area contributed by atoms with Crippen molar-refractivity contribution in [3.05, 3.63) is 46.4 Å². The van der Waals surface area contributed by atoms with Gasteiger partial charge in [0.25, 0.3) is 5.56 Å². The lowest BCUT2D eigenvalue weighted by atomic mass is 9.86. The fourth-order valence-electron chi connectivity index (χ4n) is 5.29. The van der Waals surface area contributed by atoms with Gasteiger partial charge in [-0.2, -0.15) is 14.7 Å². The molecule has 4 heterocycles. The highest BCUT2D eigenvalue weighted by Crippen LogP contribution is 2.61. The second-order valence-corrected chi connectivity index (χ2v) is 12.6. The summed E-state index contributed by atoms with van der Waals surface area (Å²) in [5.41, 5.74) is 0.555. The Kier molecular flexibility index (Phi) is 6.49. The standard InChI is InChI=1S/C25H30N6O6S/c1-25(2,3)21(24(33)34)30-12-15-10-16(4-5-19(15)38(30,35)36)28-22-20-17(6-8-27-23(20)32)31(29-22)18-13-37-9-7-14(18)11-26/h4-6,8,10,14,18,21,35-36H,7,9,12-13H2,1-3H3,(H,27,32)(H,28,29)(H,33,34). The Labute approximate surface area is 220 Å². The number of benzene rings is 1. The van der Waals surface area contributed by atoms with Crippen LogP contribution in [0.2, 0.25) is 0 Å². The van der Waals surface area contributed by atoms with Crippen LogP contribution in [0.25, 0.3) is 10.9 Å². The molecule has 0 spiro atoms. The van der Waals surface area contributed by atoms with Gasteiger partial charge < -0.3 is 20.1 Å². The normalized spacial score (nSPS) is 22.9. The highest BCUT2D eigenvalue weighted by Gasteiger charge is 2.47. The minimum absolute atomic E-state index is 0.0282. The van der Waals surface area contributed by atoms with Crippen LogP contribution in [0.4, 0.5) is 11.5 Å². The monoisotopic (exact) mass is 542 g/mol. The van der Waals surface area contributed by atoms with Crippen molar-refractivity contribution in [3.8, 4) is 6.07 Å². The number of fused-ring (bicyclic) bond motifs is 2. The molecule has 1 aromatic carbocycles. The number of carboxylic acid groups (broad SMARTS) is 1. The van der Waals surface area contributed by atoms with E-state index in [4.69, 9.17) is 4.74 Å². The molecule has 3 aromatic rings. The lowest BCUT2D eigenvalue weighted by molar-refractivity contribution is -0.145. The van der Waals surface area contributed by atoms with E-state index in [1.807, 2.05) is 0 Å². The first-order chi connectivity index (χ1) is 17.9. The van der Waals surface area contributed by atoms with Gasteiger partial charge in [0, 0.05) is 25.0 Å². The maximum absolute atomic E-state index is 12.8.